The average molecular weight is 587 g/mol. The third kappa shape index (κ3) is 6.48. The number of aromatic nitrogens is 1. The molecule has 0 radical (unpaired) electrons. The smallest absolute Gasteiger partial charge is 0.260 e. The van der Waals surface area contributed by atoms with Crippen LogP contribution >= 0.6 is 27.7 Å². The molecule has 0 spiro atoms. The SMILES string of the molecule is CN1C(OCC2CCN(Cc3cccc(Br)c3)CC2)=C(C(N)=O)SC1c1ccnc(NC(=O)C2CC2)c1. The van der Waals surface area contributed by atoms with Crippen LogP contribution in [0.1, 0.15) is 42.2 Å². The summed E-state index contributed by atoms with van der Waals surface area (Å²) in [6, 6.07) is 12.2. The number of halogens is 1. The Kier molecular flexibility index (Phi) is 8.07. The van der Waals surface area contributed by atoms with Crippen LogP contribution in [0.5, 0.6) is 0 Å². The molecule has 1 unspecified atom stereocenters. The summed E-state index contributed by atoms with van der Waals surface area (Å²) in [5.74, 6) is 1.09. The van der Waals surface area contributed by atoms with Crippen molar-refractivity contribution in [1.29, 1.82) is 0 Å². The number of pyridine rings is 1. The van der Waals surface area contributed by atoms with Crippen molar-refractivity contribution in [2.24, 2.45) is 17.6 Å². The van der Waals surface area contributed by atoms with E-state index in [9.17, 15) is 9.59 Å². The second-order valence-corrected chi connectivity index (χ2v) is 12.0. The lowest BCUT2D eigenvalue weighted by Gasteiger charge is -2.32. The topological polar surface area (TPSA) is 101 Å². The van der Waals surface area contributed by atoms with Crippen LogP contribution in [0.25, 0.3) is 0 Å². The second-order valence-electron chi connectivity index (χ2n) is 9.98. The lowest BCUT2D eigenvalue weighted by molar-refractivity contribution is -0.117. The predicted octanol–water partition coefficient (Wildman–Crippen LogP) is 4.45. The summed E-state index contributed by atoms with van der Waals surface area (Å²) in [5, 5.41) is 2.71. The third-order valence-corrected chi connectivity index (χ3v) is 8.96. The van der Waals surface area contributed by atoms with Gasteiger partial charge in [-0.3, -0.25) is 14.5 Å². The minimum Gasteiger partial charge on any atom is -0.478 e. The first kappa shape index (κ1) is 26.1. The normalized spacial score (nSPS) is 20.8. The summed E-state index contributed by atoms with van der Waals surface area (Å²) in [7, 11) is 1.91. The van der Waals surface area contributed by atoms with E-state index < -0.39 is 5.91 Å². The number of anilines is 1. The van der Waals surface area contributed by atoms with Crippen molar-refractivity contribution >= 4 is 45.3 Å². The van der Waals surface area contributed by atoms with Crippen LogP contribution in [0.3, 0.4) is 0 Å². The zero-order valence-electron chi connectivity index (χ0n) is 20.9. The standard InChI is InChI=1S/C27H32BrN5O3S/c1-32-26(36-16-17-8-11-33(12-9-17)15-18-3-2-4-21(28)13-18)23(24(29)34)37-27(32)20-7-10-30-22(14-20)31-25(35)19-5-6-19/h2-4,7,10,13-14,17,19,27H,5-6,8-9,11-12,15-16H2,1H3,(H2,29,34)(H,30,31,35). The van der Waals surface area contributed by atoms with E-state index in [4.69, 9.17) is 10.5 Å². The molecule has 0 bridgehead atoms. The molecule has 2 fully saturated rings. The number of thioether (sulfide) groups is 1. The van der Waals surface area contributed by atoms with Gasteiger partial charge in [0.25, 0.3) is 5.91 Å². The summed E-state index contributed by atoms with van der Waals surface area (Å²) in [4.78, 5) is 33.6. The first-order chi connectivity index (χ1) is 17.9. The van der Waals surface area contributed by atoms with Gasteiger partial charge in [0.05, 0.1) is 6.61 Å². The number of hydrogen-bond acceptors (Lipinski definition) is 7. The van der Waals surface area contributed by atoms with E-state index in [-0.39, 0.29) is 17.2 Å². The highest BCUT2D eigenvalue weighted by Gasteiger charge is 2.36. The van der Waals surface area contributed by atoms with Gasteiger partial charge < -0.3 is 20.7 Å². The van der Waals surface area contributed by atoms with E-state index in [0.29, 0.717) is 29.1 Å². The molecule has 196 valence electrons. The summed E-state index contributed by atoms with van der Waals surface area (Å²) in [6.45, 7) is 3.53. The van der Waals surface area contributed by atoms with Crippen molar-refractivity contribution in [2.45, 2.75) is 37.6 Å². The Labute approximate surface area is 230 Å². The van der Waals surface area contributed by atoms with Gasteiger partial charge in [0.2, 0.25) is 11.8 Å². The molecule has 3 heterocycles. The minimum atomic E-state index is -0.491. The quantitative estimate of drug-likeness (QED) is 0.448. The molecular formula is C27H32BrN5O3S. The van der Waals surface area contributed by atoms with Crippen LogP contribution in [0.4, 0.5) is 5.82 Å². The van der Waals surface area contributed by atoms with Crippen LogP contribution in [0, 0.1) is 11.8 Å². The Morgan fingerprint density at radius 3 is 2.68 bits per heavy atom. The van der Waals surface area contributed by atoms with Crippen molar-refractivity contribution in [1.82, 2.24) is 14.8 Å². The zero-order valence-corrected chi connectivity index (χ0v) is 23.3. The summed E-state index contributed by atoms with van der Waals surface area (Å²) < 4.78 is 7.36. The fourth-order valence-electron chi connectivity index (χ4n) is 4.77. The molecular weight excluding hydrogens is 554 g/mol. The monoisotopic (exact) mass is 585 g/mol. The lowest BCUT2D eigenvalue weighted by atomic mass is 9.97. The number of benzene rings is 1. The highest BCUT2D eigenvalue weighted by molar-refractivity contribution is 9.10. The fraction of sp³-hybridized carbons (Fsp3) is 0.444. The first-order valence-electron chi connectivity index (χ1n) is 12.7. The van der Waals surface area contributed by atoms with E-state index in [2.05, 4.69) is 49.3 Å². The maximum atomic E-state index is 12.3. The number of nitrogens with one attached hydrogen (secondary N) is 1. The van der Waals surface area contributed by atoms with E-state index in [0.717, 1.165) is 55.4 Å². The van der Waals surface area contributed by atoms with Gasteiger partial charge in [-0.05, 0) is 80.1 Å². The third-order valence-electron chi connectivity index (χ3n) is 7.05. The van der Waals surface area contributed by atoms with Gasteiger partial charge in [-0.25, -0.2) is 4.98 Å². The molecule has 2 aliphatic heterocycles. The molecule has 1 aromatic carbocycles. The van der Waals surface area contributed by atoms with Gasteiger partial charge in [0.15, 0.2) is 0 Å². The lowest BCUT2D eigenvalue weighted by Crippen LogP contribution is -2.35. The van der Waals surface area contributed by atoms with Gasteiger partial charge in [0.1, 0.15) is 16.1 Å². The number of ether oxygens (including phenoxy) is 1. The molecule has 2 aromatic rings. The van der Waals surface area contributed by atoms with Gasteiger partial charge in [-0.2, -0.15) is 0 Å². The molecule has 10 heteroatoms. The predicted molar refractivity (Wildman–Crippen MR) is 148 cm³/mol. The number of carbonyl (C=O) groups excluding carboxylic acids is 2. The minimum absolute atomic E-state index is 0.0136. The molecule has 1 aromatic heterocycles. The first-order valence-corrected chi connectivity index (χ1v) is 14.3. The summed E-state index contributed by atoms with van der Waals surface area (Å²) in [6.07, 6.45) is 5.63. The summed E-state index contributed by atoms with van der Waals surface area (Å²) >= 11 is 4.93. The van der Waals surface area contributed by atoms with Crippen LogP contribution in [-0.2, 0) is 20.9 Å². The van der Waals surface area contributed by atoms with Gasteiger partial charge >= 0.3 is 0 Å². The number of hydrogen-bond donors (Lipinski definition) is 2. The van der Waals surface area contributed by atoms with E-state index in [1.165, 1.54) is 17.3 Å². The average Bonchev–Trinajstić information content (AvgIpc) is 3.67. The van der Waals surface area contributed by atoms with Crippen molar-refractivity contribution in [2.75, 3.05) is 32.1 Å². The van der Waals surface area contributed by atoms with Gasteiger partial charge in [-0.15, -0.1) is 0 Å². The highest BCUT2D eigenvalue weighted by Crippen LogP contribution is 2.47. The van der Waals surface area contributed by atoms with Crippen LogP contribution < -0.4 is 11.1 Å². The van der Waals surface area contributed by atoms with E-state index in [1.807, 2.05) is 30.1 Å². The maximum Gasteiger partial charge on any atom is 0.260 e. The van der Waals surface area contributed by atoms with Crippen molar-refractivity contribution < 1.29 is 14.3 Å². The summed E-state index contributed by atoms with van der Waals surface area (Å²) in [5.41, 5.74) is 7.96. The molecule has 3 aliphatic rings. The maximum absolute atomic E-state index is 12.3. The van der Waals surface area contributed by atoms with E-state index >= 15 is 0 Å². The Morgan fingerprint density at radius 2 is 1.97 bits per heavy atom. The van der Waals surface area contributed by atoms with Crippen molar-refractivity contribution in [3.63, 3.8) is 0 Å². The highest BCUT2D eigenvalue weighted by atomic mass is 79.9. The number of likely N-dealkylation sites (tertiary alicyclic amines) is 1. The molecule has 8 nitrogen and oxygen atoms in total. The van der Waals surface area contributed by atoms with Crippen LogP contribution in [0.15, 0.2) is 57.9 Å². The number of rotatable bonds is 9. The van der Waals surface area contributed by atoms with Gasteiger partial charge in [-0.1, -0.05) is 39.8 Å². The molecule has 2 amide bonds. The largest absolute Gasteiger partial charge is 0.478 e. The molecule has 5 rings (SSSR count). The number of nitrogens with zero attached hydrogens (tertiary/aromatic N) is 3. The van der Waals surface area contributed by atoms with Crippen molar-refractivity contribution in [3.05, 3.63) is 69.0 Å². The Hall–Kier alpha value is -2.56. The molecule has 1 aliphatic carbocycles. The van der Waals surface area contributed by atoms with Crippen molar-refractivity contribution in [3.8, 4) is 0 Å². The fourth-order valence-corrected chi connectivity index (χ4v) is 6.40. The number of carbonyl (C=O) groups is 2. The Bertz CT molecular complexity index is 1200. The van der Waals surface area contributed by atoms with Gasteiger partial charge in [0, 0.05) is 30.2 Å². The number of amides is 2. The zero-order chi connectivity index (χ0) is 25.9. The number of primary amides is 1. The molecule has 1 atom stereocenters. The molecule has 1 saturated carbocycles. The van der Waals surface area contributed by atoms with Crippen LogP contribution in [-0.4, -0.2) is 53.3 Å². The molecule has 37 heavy (non-hydrogen) atoms. The Morgan fingerprint density at radius 1 is 1.19 bits per heavy atom. The second kappa shape index (κ2) is 11.4. The number of nitrogens with two attached hydrogens (primary N) is 1. The molecule has 3 N–H and O–H groups in total. The number of piperidine rings is 1. The molecule has 1 saturated heterocycles. The van der Waals surface area contributed by atoms with E-state index in [1.54, 1.807) is 6.20 Å². The van der Waals surface area contributed by atoms with Crippen LogP contribution in [0.2, 0.25) is 0 Å². The Balaban J connectivity index is 1.17.